The summed E-state index contributed by atoms with van der Waals surface area (Å²) in [6.45, 7) is 0. The molecule has 0 aromatic heterocycles. The largest absolute Gasteiger partial charge is 0.493 e. The number of carbonyl (C=O) groups is 2. The third kappa shape index (κ3) is 2.87. The van der Waals surface area contributed by atoms with Gasteiger partial charge in [0.2, 0.25) is 5.91 Å². The summed E-state index contributed by atoms with van der Waals surface area (Å²) in [6.07, 6.45) is -0.110. The number of benzene rings is 1. The zero-order valence-electron chi connectivity index (χ0n) is 9.52. The Labute approximate surface area is 97.9 Å². The van der Waals surface area contributed by atoms with Crippen LogP contribution in [-0.4, -0.2) is 31.2 Å². The quantitative estimate of drug-likeness (QED) is 0.776. The highest BCUT2D eigenvalue weighted by molar-refractivity contribution is 5.89. The van der Waals surface area contributed by atoms with Gasteiger partial charge < -0.3 is 20.3 Å². The van der Waals surface area contributed by atoms with Crippen LogP contribution in [0.3, 0.4) is 0 Å². The van der Waals surface area contributed by atoms with E-state index in [1.807, 2.05) is 0 Å². The van der Waals surface area contributed by atoms with Crippen LogP contribution in [-0.2, 0) is 11.2 Å². The van der Waals surface area contributed by atoms with Crippen molar-refractivity contribution in [1.29, 1.82) is 0 Å². The fraction of sp³-hybridized carbons (Fsp3) is 0.273. The van der Waals surface area contributed by atoms with Crippen LogP contribution in [0.15, 0.2) is 12.1 Å². The number of rotatable bonds is 5. The molecule has 1 aromatic carbocycles. The van der Waals surface area contributed by atoms with E-state index in [0.29, 0.717) is 11.3 Å². The van der Waals surface area contributed by atoms with E-state index < -0.39 is 11.9 Å². The minimum Gasteiger partial charge on any atom is -0.493 e. The topological polar surface area (TPSA) is 98.9 Å². The third-order valence-electron chi connectivity index (χ3n) is 2.17. The Hall–Kier alpha value is -2.24. The lowest BCUT2D eigenvalue weighted by atomic mass is 10.1. The molecule has 0 spiro atoms. The fourth-order valence-corrected chi connectivity index (χ4v) is 1.49. The van der Waals surface area contributed by atoms with Crippen LogP contribution in [0, 0.1) is 0 Å². The molecule has 0 saturated carbocycles. The van der Waals surface area contributed by atoms with E-state index in [1.165, 1.54) is 26.4 Å². The Morgan fingerprint density at radius 3 is 2.35 bits per heavy atom. The predicted molar refractivity (Wildman–Crippen MR) is 59.4 cm³/mol. The number of nitrogens with two attached hydrogens (primary N) is 1. The molecule has 1 aromatic rings. The first-order chi connectivity index (χ1) is 7.99. The molecule has 6 nitrogen and oxygen atoms in total. The van der Waals surface area contributed by atoms with Gasteiger partial charge in [-0.2, -0.15) is 0 Å². The second kappa shape index (κ2) is 5.20. The summed E-state index contributed by atoms with van der Waals surface area (Å²) < 4.78 is 10.1. The standard InChI is InChI=1S/C11H13NO5/c1-16-8-4-7(11(14)15)3-6(5-9(12)13)10(8)17-2/h3-4H,5H2,1-2H3,(H2,12,13)(H,14,15). The van der Waals surface area contributed by atoms with E-state index in [-0.39, 0.29) is 17.7 Å². The van der Waals surface area contributed by atoms with Crippen LogP contribution in [0.4, 0.5) is 0 Å². The molecule has 6 heteroatoms. The van der Waals surface area contributed by atoms with Gasteiger partial charge in [-0.3, -0.25) is 4.79 Å². The SMILES string of the molecule is COc1cc(C(=O)O)cc(CC(N)=O)c1OC. The average molecular weight is 239 g/mol. The number of methoxy groups -OCH3 is 2. The molecule has 0 fully saturated rings. The van der Waals surface area contributed by atoms with Gasteiger partial charge in [-0.25, -0.2) is 4.79 Å². The predicted octanol–water partition coefficient (Wildman–Crippen LogP) is 0.430. The molecule has 0 unspecified atom stereocenters. The first kappa shape index (κ1) is 12.8. The van der Waals surface area contributed by atoms with Gasteiger partial charge in [0.15, 0.2) is 11.5 Å². The van der Waals surface area contributed by atoms with Crippen molar-refractivity contribution in [2.45, 2.75) is 6.42 Å². The van der Waals surface area contributed by atoms with E-state index in [4.69, 9.17) is 20.3 Å². The highest BCUT2D eigenvalue weighted by Crippen LogP contribution is 2.32. The van der Waals surface area contributed by atoms with Gasteiger partial charge in [0.1, 0.15) is 0 Å². The number of amides is 1. The van der Waals surface area contributed by atoms with Gasteiger partial charge in [-0.1, -0.05) is 0 Å². The summed E-state index contributed by atoms with van der Waals surface area (Å²) in [6, 6.07) is 2.67. The minimum absolute atomic E-state index is 0.0129. The van der Waals surface area contributed by atoms with Crippen LogP contribution in [0.2, 0.25) is 0 Å². The zero-order chi connectivity index (χ0) is 13.0. The van der Waals surface area contributed by atoms with Gasteiger partial charge in [0, 0.05) is 5.56 Å². The Bertz CT molecular complexity index is 455. The number of aromatic carboxylic acids is 1. The Morgan fingerprint density at radius 2 is 1.94 bits per heavy atom. The third-order valence-corrected chi connectivity index (χ3v) is 2.17. The number of carbonyl (C=O) groups excluding carboxylic acids is 1. The van der Waals surface area contributed by atoms with Crippen LogP contribution in [0.1, 0.15) is 15.9 Å². The Kier molecular flexibility index (Phi) is 3.92. The van der Waals surface area contributed by atoms with Crippen molar-refractivity contribution < 1.29 is 24.2 Å². The number of carboxylic acids is 1. The molecule has 0 heterocycles. The van der Waals surface area contributed by atoms with Gasteiger partial charge in [0.25, 0.3) is 0 Å². The van der Waals surface area contributed by atoms with E-state index in [2.05, 4.69) is 0 Å². The van der Waals surface area contributed by atoms with Crippen molar-refractivity contribution in [1.82, 2.24) is 0 Å². The van der Waals surface area contributed by atoms with Crippen molar-refractivity contribution in [3.8, 4) is 11.5 Å². The zero-order valence-corrected chi connectivity index (χ0v) is 9.52. The number of hydrogen-bond donors (Lipinski definition) is 2. The molecule has 3 N–H and O–H groups in total. The van der Waals surface area contributed by atoms with Crippen molar-refractivity contribution >= 4 is 11.9 Å². The number of ether oxygens (including phenoxy) is 2. The lowest BCUT2D eigenvalue weighted by Crippen LogP contribution is -2.15. The number of hydrogen-bond acceptors (Lipinski definition) is 4. The molecule has 0 bridgehead atoms. The molecular formula is C11H13NO5. The van der Waals surface area contributed by atoms with E-state index in [1.54, 1.807) is 0 Å². The summed E-state index contributed by atoms with van der Waals surface area (Å²) >= 11 is 0. The molecule has 1 rings (SSSR count). The van der Waals surface area contributed by atoms with Gasteiger partial charge in [-0.05, 0) is 12.1 Å². The van der Waals surface area contributed by atoms with Gasteiger partial charge >= 0.3 is 5.97 Å². The molecule has 92 valence electrons. The van der Waals surface area contributed by atoms with Crippen molar-refractivity contribution in [3.63, 3.8) is 0 Å². The second-order valence-corrected chi connectivity index (χ2v) is 3.32. The normalized spacial score (nSPS) is 9.76. The highest BCUT2D eigenvalue weighted by atomic mass is 16.5. The smallest absolute Gasteiger partial charge is 0.335 e. The van der Waals surface area contributed by atoms with Crippen molar-refractivity contribution in [3.05, 3.63) is 23.3 Å². The number of carboxylic acid groups (broad SMARTS) is 1. The van der Waals surface area contributed by atoms with Crippen LogP contribution in [0.5, 0.6) is 11.5 Å². The molecule has 0 aliphatic heterocycles. The maximum absolute atomic E-state index is 10.9. The molecule has 0 atom stereocenters. The Morgan fingerprint density at radius 1 is 1.29 bits per heavy atom. The number of primary amides is 1. The van der Waals surface area contributed by atoms with Crippen LogP contribution >= 0.6 is 0 Å². The van der Waals surface area contributed by atoms with Gasteiger partial charge in [-0.15, -0.1) is 0 Å². The van der Waals surface area contributed by atoms with Crippen molar-refractivity contribution in [2.75, 3.05) is 14.2 Å². The summed E-state index contributed by atoms with van der Waals surface area (Å²) in [5, 5.41) is 8.91. The average Bonchev–Trinajstić information content (AvgIpc) is 2.26. The molecule has 0 radical (unpaired) electrons. The second-order valence-electron chi connectivity index (χ2n) is 3.32. The van der Waals surface area contributed by atoms with Crippen molar-refractivity contribution in [2.24, 2.45) is 5.73 Å². The summed E-state index contributed by atoms with van der Waals surface area (Å²) in [4.78, 5) is 21.8. The first-order valence-electron chi connectivity index (χ1n) is 4.76. The first-order valence-corrected chi connectivity index (χ1v) is 4.76. The highest BCUT2D eigenvalue weighted by Gasteiger charge is 2.16. The monoisotopic (exact) mass is 239 g/mol. The lowest BCUT2D eigenvalue weighted by molar-refractivity contribution is -0.117. The molecular weight excluding hydrogens is 226 g/mol. The summed E-state index contributed by atoms with van der Waals surface area (Å²) in [5.41, 5.74) is 5.48. The van der Waals surface area contributed by atoms with E-state index in [0.717, 1.165) is 0 Å². The lowest BCUT2D eigenvalue weighted by Gasteiger charge is -2.12. The van der Waals surface area contributed by atoms with E-state index in [9.17, 15) is 9.59 Å². The minimum atomic E-state index is -1.11. The molecule has 17 heavy (non-hydrogen) atoms. The molecule has 1 amide bonds. The van der Waals surface area contributed by atoms with Crippen LogP contribution in [0.25, 0.3) is 0 Å². The maximum atomic E-state index is 10.9. The van der Waals surface area contributed by atoms with Crippen LogP contribution < -0.4 is 15.2 Å². The van der Waals surface area contributed by atoms with Gasteiger partial charge in [0.05, 0.1) is 26.2 Å². The fourth-order valence-electron chi connectivity index (χ4n) is 1.49. The molecule has 0 aliphatic carbocycles. The Balaban J connectivity index is 3.36. The van der Waals surface area contributed by atoms with E-state index >= 15 is 0 Å². The molecule has 0 saturated heterocycles. The summed E-state index contributed by atoms with van der Waals surface area (Å²) in [5.74, 6) is -1.12. The maximum Gasteiger partial charge on any atom is 0.335 e. The molecule has 0 aliphatic rings. The summed E-state index contributed by atoms with van der Waals surface area (Å²) in [7, 11) is 2.79.